The van der Waals surface area contributed by atoms with E-state index in [4.69, 9.17) is 4.74 Å². The highest BCUT2D eigenvalue weighted by molar-refractivity contribution is 7.92. The molecule has 8 heteroatoms. The first kappa shape index (κ1) is 18.2. The molecular weight excluding hydrogens is 359 g/mol. The van der Waals surface area contributed by atoms with Gasteiger partial charge in [-0.15, -0.1) is 0 Å². The molecule has 2 aromatic rings. The van der Waals surface area contributed by atoms with E-state index in [2.05, 4.69) is 5.32 Å². The van der Waals surface area contributed by atoms with E-state index in [-0.39, 0.29) is 31.2 Å². The van der Waals surface area contributed by atoms with Gasteiger partial charge < -0.3 is 10.1 Å². The first-order valence-corrected chi connectivity index (χ1v) is 9.95. The lowest BCUT2D eigenvalue weighted by molar-refractivity contribution is -0.128. The predicted molar refractivity (Wildman–Crippen MR) is 95.9 cm³/mol. The van der Waals surface area contributed by atoms with Gasteiger partial charge >= 0.3 is 0 Å². The molecule has 0 radical (unpaired) electrons. The summed E-state index contributed by atoms with van der Waals surface area (Å²) in [5.74, 6) is -0.346. The number of hydrogen-bond acceptors (Lipinski definition) is 4. The van der Waals surface area contributed by atoms with Crippen molar-refractivity contribution in [3.63, 3.8) is 0 Å². The Bertz CT molecular complexity index is 900. The van der Waals surface area contributed by atoms with Crippen molar-refractivity contribution in [1.29, 1.82) is 0 Å². The van der Waals surface area contributed by atoms with Crippen molar-refractivity contribution in [3.05, 3.63) is 59.9 Å². The fourth-order valence-corrected chi connectivity index (χ4v) is 3.71. The smallest absolute Gasteiger partial charge is 0.261 e. The second kappa shape index (κ2) is 7.33. The van der Waals surface area contributed by atoms with Crippen LogP contribution in [0.3, 0.4) is 0 Å². The Labute approximate surface area is 151 Å². The van der Waals surface area contributed by atoms with Crippen molar-refractivity contribution in [1.82, 2.24) is 5.32 Å². The van der Waals surface area contributed by atoms with Gasteiger partial charge in [0.05, 0.1) is 11.9 Å². The fraction of sp³-hybridized carbons (Fsp3) is 0.278. The molecule has 0 fully saturated rings. The van der Waals surface area contributed by atoms with E-state index in [1.54, 1.807) is 36.4 Å². The molecule has 138 valence electrons. The first-order valence-electron chi connectivity index (χ1n) is 8.10. The maximum Gasteiger partial charge on any atom is 0.261 e. The zero-order chi connectivity index (χ0) is 18.7. The normalized spacial score (nSPS) is 17.0. The number of sulfonamides is 1. The van der Waals surface area contributed by atoms with Crippen LogP contribution in [0, 0.1) is 5.82 Å². The minimum absolute atomic E-state index is 0.143. The van der Waals surface area contributed by atoms with Crippen LogP contribution < -0.4 is 14.4 Å². The second-order valence-electron chi connectivity index (χ2n) is 6.04. The third kappa shape index (κ3) is 4.13. The third-order valence-electron chi connectivity index (χ3n) is 4.07. The van der Waals surface area contributed by atoms with Crippen molar-refractivity contribution >= 4 is 21.6 Å². The lowest BCUT2D eigenvalue weighted by atomic mass is 10.2. The van der Waals surface area contributed by atoms with Gasteiger partial charge in [-0.25, -0.2) is 12.8 Å². The lowest BCUT2D eigenvalue weighted by Crippen LogP contribution is -2.39. The highest BCUT2D eigenvalue weighted by Crippen LogP contribution is 2.33. The number of para-hydroxylation sites is 2. The van der Waals surface area contributed by atoms with E-state index in [1.807, 2.05) is 0 Å². The molecule has 0 saturated carbocycles. The van der Waals surface area contributed by atoms with Crippen molar-refractivity contribution < 1.29 is 22.3 Å². The summed E-state index contributed by atoms with van der Waals surface area (Å²) in [4.78, 5) is 12.5. The maximum absolute atomic E-state index is 12.9. The Morgan fingerprint density at radius 3 is 2.62 bits per heavy atom. The standard InChI is InChI=1S/C18H19FN2O4S/c1-26(23,24)21-11-10-17(25-16-5-3-2-4-15(16)21)18(22)20-12-13-6-8-14(19)9-7-13/h2-9,17H,10-12H2,1H3,(H,20,22)/t17-/m0/s1. The van der Waals surface area contributed by atoms with Crippen LogP contribution in [-0.4, -0.2) is 33.2 Å². The molecule has 3 rings (SSSR count). The molecular formula is C18H19FN2O4S. The van der Waals surface area contributed by atoms with Gasteiger partial charge in [0.25, 0.3) is 5.91 Å². The SMILES string of the molecule is CS(=O)(=O)N1CC[C@@H](C(=O)NCc2ccc(F)cc2)Oc2ccccc21. The van der Waals surface area contributed by atoms with E-state index >= 15 is 0 Å². The molecule has 6 nitrogen and oxygen atoms in total. The zero-order valence-electron chi connectivity index (χ0n) is 14.2. The Balaban J connectivity index is 1.74. The number of amides is 1. The summed E-state index contributed by atoms with van der Waals surface area (Å²) in [5, 5.41) is 2.75. The minimum Gasteiger partial charge on any atom is -0.478 e. The van der Waals surface area contributed by atoms with Gasteiger partial charge in [0.15, 0.2) is 6.10 Å². The van der Waals surface area contributed by atoms with Crippen molar-refractivity contribution in [2.24, 2.45) is 0 Å². The van der Waals surface area contributed by atoms with Crippen LogP contribution >= 0.6 is 0 Å². The highest BCUT2D eigenvalue weighted by Gasteiger charge is 2.30. The number of carbonyl (C=O) groups excluding carboxylic acids is 1. The minimum atomic E-state index is -3.48. The molecule has 0 aromatic heterocycles. The van der Waals surface area contributed by atoms with E-state index in [0.29, 0.717) is 11.4 Å². The number of anilines is 1. The molecule has 0 unspecified atom stereocenters. The molecule has 1 amide bonds. The zero-order valence-corrected chi connectivity index (χ0v) is 15.0. The number of halogens is 1. The number of carbonyl (C=O) groups is 1. The summed E-state index contributed by atoms with van der Waals surface area (Å²) in [6.07, 6.45) is 0.527. The number of ether oxygens (including phenoxy) is 1. The Kier molecular flexibility index (Phi) is 5.13. The van der Waals surface area contributed by atoms with Crippen LogP contribution in [0.5, 0.6) is 5.75 Å². The Morgan fingerprint density at radius 2 is 1.92 bits per heavy atom. The largest absolute Gasteiger partial charge is 0.478 e. The highest BCUT2D eigenvalue weighted by atomic mass is 32.2. The number of nitrogens with zero attached hydrogens (tertiary/aromatic N) is 1. The van der Waals surface area contributed by atoms with Crippen LogP contribution in [0.1, 0.15) is 12.0 Å². The first-order chi connectivity index (χ1) is 12.3. The molecule has 1 atom stereocenters. The molecule has 1 heterocycles. The summed E-state index contributed by atoms with van der Waals surface area (Å²) in [5.41, 5.74) is 1.18. The number of benzene rings is 2. The lowest BCUT2D eigenvalue weighted by Gasteiger charge is -2.20. The molecule has 26 heavy (non-hydrogen) atoms. The molecule has 2 aromatic carbocycles. The molecule has 0 spiro atoms. The molecule has 1 aliphatic heterocycles. The Hall–Kier alpha value is -2.61. The summed E-state index contributed by atoms with van der Waals surface area (Å²) in [6, 6.07) is 12.5. The summed E-state index contributed by atoms with van der Waals surface area (Å²) in [6.45, 7) is 0.376. The molecule has 0 saturated heterocycles. The van der Waals surface area contributed by atoms with Crippen molar-refractivity contribution in [3.8, 4) is 5.75 Å². The van der Waals surface area contributed by atoms with Crippen LogP contribution in [0.2, 0.25) is 0 Å². The maximum atomic E-state index is 12.9. The summed E-state index contributed by atoms with van der Waals surface area (Å²) in [7, 11) is -3.48. The quantitative estimate of drug-likeness (QED) is 0.884. The van der Waals surface area contributed by atoms with Crippen LogP contribution in [-0.2, 0) is 21.4 Å². The van der Waals surface area contributed by atoms with Gasteiger partial charge in [-0.2, -0.15) is 0 Å². The van der Waals surface area contributed by atoms with Gasteiger partial charge in [0.2, 0.25) is 10.0 Å². The van der Waals surface area contributed by atoms with Crippen LogP contribution in [0.15, 0.2) is 48.5 Å². The summed E-state index contributed by atoms with van der Waals surface area (Å²) < 4.78 is 44.1. The number of rotatable bonds is 4. The van der Waals surface area contributed by atoms with Gasteiger partial charge in [0.1, 0.15) is 11.6 Å². The Morgan fingerprint density at radius 1 is 1.23 bits per heavy atom. The number of fused-ring (bicyclic) bond motifs is 1. The fourth-order valence-electron chi connectivity index (χ4n) is 2.76. The number of nitrogens with one attached hydrogen (secondary N) is 1. The average molecular weight is 378 g/mol. The van der Waals surface area contributed by atoms with Gasteiger partial charge in [-0.05, 0) is 29.8 Å². The average Bonchev–Trinajstić information content (AvgIpc) is 2.80. The van der Waals surface area contributed by atoms with E-state index in [9.17, 15) is 17.6 Å². The second-order valence-corrected chi connectivity index (χ2v) is 7.95. The van der Waals surface area contributed by atoms with Crippen LogP contribution in [0.25, 0.3) is 0 Å². The van der Waals surface area contributed by atoms with Gasteiger partial charge in [-0.3, -0.25) is 9.10 Å². The molecule has 1 N–H and O–H groups in total. The predicted octanol–water partition coefficient (Wildman–Crippen LogP) is 2.06. The molecule has 1 aliphatic rings. The topological polar surface area (TPSA) is 75.7 Å². The van der Waals surface area contributed by atoms with Crippen molar-refractivity contribution in [2.75, 3.05) is 17.1 Å². The van der Waals surface area contributed by atoms with E-state index in [1.165, 1.54) is 16.4 Å². The number of hydrogen-bond donors (Lipinski definition) is 1. The van der Waals surface area contributed by atoms with Crippen molar-refractivity contribution in [2.45, 2.75) is 19.1 Å². The summed E-state index contributed by atoms with van der Waals surface area (Å²) >= 11 is 0. The molecule has 0 bridgehead atoms. The van der Waals surface area contributed by atoms with Crippen LogP contribution in [0.4, 0.5) is 10.1 Å². The molecule has 0 aliphatic carbocycles. The van der Waals surface area contributed by atoms with Gasteiger partial charge in [0, 0.05) is 19.5 Å². The van der Waals surface area contributed by atoms with E-state index in [0.717, 1.165) is 11.8 Å². The third-order valence-corrected chi connectivity index (χ3v) is 5.25. The monoisotopic (exact) mass is 378 g/mol. The van der Waals surface area contributed by atoms with Gasteiger partial charge in [-0.1, -0.05) is 24.3 Å². The van der Waals surface area contributed by atoms with E-state index < -0.39 is 16.1 Å².